The average molecular weight is 314 g/mol. The van der Waals surface area contributed by atoms with Crippen molar-refractivity contribution < 1.29 is 12.8 Å². The summed E-state index contributed by atoms with van der Waals surface area (Å²) in [6, 6.07) is 2.28. The van der Waals surface area contributed by atoms with Crippen LogP contribution in [0, 0.1) is 16.6 Å². The fraction of sp³-hybridized carbons (Fsp3) is 0.667. The van der Waals surface area contributed by atoms with Crippen LogP contribution in [0.5, 0.6) is 0 Å². The Labute approximate surface area is 126 Å². The second-order valence-corrected chi connectivity index (χ2v) is 9.15. The molecular weight excluding hydrogens is 291 g/mol. The summed E-state index contributed by atoms with van der Waals surface area (Å²) in [5, 5.41) is -0.522. The molecule has 0 bridgehead atoms. The van der Waals surface area contributed by atoms with Crippen LogP contribution in [0.2, 0.25) is 0 Å². The van der Waals surface area contributed by atoms with Crippen molar-refractivity contribution in [1.82, 2.24) is 9.71 Å². The number of aromatic nitrogens is 1. The second kappa shape index (κ2) is 5.32. The summed E-state index contributed by atoms with van der Waals surface area (Å²) in [4.78, 5) is 3.66. The molecule has 1 aliphatic carbocycles. The monoisotopic (exact) mass is 314 g/mol. The van der Waals surface area contributed by atoms with E-state index >= 15 is 0 Å². The van der Waals surface area contributed by atoms with E-state index < -0.39 is 20.9 Å². The molecule has 1 aromatic heterocycles. The highest BCUT2D eigenvalue weighted by molar-refractivity contribution is 7.89. The standard InChI is InChI=1S/C15H23FN2O2S/c1-14(2)8-11(9-15(3,4)10-14)18-21(19,20)13-12(16)6-5-7-17-13/h5-7,11,18H,8-10H2,1-4H3. The minimum Gasteiger partial charge on any atom is -0.241 e. The SMILES string of the molecule is CC1(C)CC(NS(=O)(=O)c2ncccc2F)CC(C)(C)C1. The fourth-order valence-corrected chi connectivity index (χ4v) is 5.02. The van der Waals surface area contributed by atoms with Crippen LogP contribution in [0.4, 0.5) is 4.39 Å². The first-order valence-corrected chi connectivity index (χ1v) is 8.62. The molecule has 21 heavy (non-hydrogen) atoms. The largest absolute Gasteiger partial charge is 0.261 e. The zero-order valence-corrected chi connectivity index (χ0v) is 13.8. The third-order valence-electron chi connectivity index (χ3n) is 3.86. The zero-order chi connectivity index (χ0) is 15.9. The molecule has 2 rings (SSSR count). The van der Waals surface area contributed by atoms with Crippen molar-refractivity contribution in [2.24, 2.45) is 10.8 Å². The predicted molar refractivity (Wildman–Crippen MR) is 79.7 cm³/mol. The third kappa shape index (κ3) is 4.01. The maximum Gasteiger partial charge on any atom is 0.261 e. The first-order valence-electron chi connectivity index (χ1n) is 7.14. The molecular formula is C15H23FN2O2S. The highest BCUT2D eigenvalue weighted by Gasteiger charge is 2.40. The molecule has 4 nitrogen and oxygen atoms in total. The highest BCUT2D eigenvalue weighted by Crippen LogP contribution is 2.45. The summed E-state index contributed by atoms with van der Waals surface area (Å²) in [5.41, 5.74) is 0.106. The summed E-state index contributed by atoms with van der Waals surface area (Å²) in [5.74, 6) is -0.820. The van der Waals surface area contributed by atoms with Crippen molar-refractivity contribution in [3.63, 3.8) is 0 Å². The minimum absolute atomic E-state index is 0.0532. The van der Waals surface area contributed by atoms with Crippen molar-refractivity contribution in [2.75, 3.05) is 0 Å². The smallest absolute Gasteiger partial charge is 0.241 e. The number of hydrogen-bond acceptors (Lipinski definition) is 3. The lowest BCUT2D eigenvalue weighted by Crippen LogP contribution is -2.46. The van der Waals surface area contributed by atoms with Crippen molar-refractivity contribution in [2.45, 2.75) is 58.0 Å². The number of rotatable bonds is 3. The van der Waals surface area contributed by atoms with Gasteiger partial charge in [-0.15, -0.1) is 0 Å². The first kappa shape index (κ1) is 16.4. The molecule has 1 N–H and O–H groups in total. The maximum atomic E-state index is 13.7. The van der Waals surface area contributed by atoms with Gasteiger partial charge in [-0.2, -0.15) is 0 Å². The van der Waals surface area contributed by atoms with Gasteiger partial charge in [-0.3, -0.25) is 0 Å². The Bertz CT molecular complexity index is 610. The van der Waals surface area contributed by atoms with Gasteiger partial charge in [-0.05, 0) is 42.2 Å². The second-order valence-electron chi connectivity index (χ2n) is 7.52. The number of halogens is 1. The van der Waals surface area contributed by atoms with Crippen LogP contribution < -0.4 is 4.72 Å². The topological polar surface area (TPSA) is 59.1 Å². The Kier molecular flexibility index (Phi) is 4.14. The van der Waals surface area contributed by atoms with E-state index in [1.807, 2.05) is 0 Å². The van der Waals surface area contributed by atoms with Gasteiger partial charge in [0.15, 0.2) is 5.82 Å². The van der Waals surface area contributed by atoms with Crippen LogP contribution in [0.3, 0.4) is 0 Å². The number of sulfonamides is 1. The Hall–Kier alpha value is -1.01. The number of nitrogens with one attached hydrogen (secondary N) is 1. The van der Waals surface area contributed by atoms with E-state index in [2.05, 4.69) is 37.4 Å². The predicted octanol–water partition coefficient (Wildman–Crippen LogP) is 3.10. The molecule has 1 fully saturated rings. The lowest BCUT2D eigenvalue weighted by Gasteiger charge is -2.44. The minimum atomic E-state index is -3.93. The lowest BCUT2D eigenvalue weighted by atomic mass is 9.64. The van der Waals surface area contributed by atoms with Gasteiger partial charge >= 0.3 is 0 Å². The van der Waals surface area contributed by atoms with Gasteiger partial charge < -0.3 is 0 Å². The molecule has 0 radical (unpaired) electrons. The zero-order valence-electron chi connectivity index (χ0n) is 13.0. The first-order chi connectivity index (χ1) is 9.51. The molecule has 6 heteroatoms. The van der Waals surface area contributed by atoms with Crippen LogP contribution >= 0.6 is 0 Å². The Morgan fingerprint density at radius 2 is 1.81 bits per heavy atom. The number of hydrogen-bond donors (Lipinski definition) is 1. The van der Waals surface area contributed by atoms with Crippen molar-refractivity contribution >= 4 is 10.0 Å². The molecule has 1 aliphatic rings. The van der Waals surface area contributed by atoms with Crippen LogP contribution in [0.25, 0.3) is 0 Å². The molecule has 0 aromatic carbocycles. The normalized spacial score (nSPS) is 22.1. The van der Waals surface area contributed by atoms with Gasteiger partial charge in [0.1, 0.15) is 0 Å². The summed E-state index contributed by atoms with van der Waals surface area (Å²) in [7, 11) is -3.93. The van der Waals surface area contributed by atoms with E-state index in [1.165, 1.54) is 12.3 Å². The molecule has 0 amide bonds. The molecule has 118 valence electrons. The third-order valence-corrected chi connectivity index (χ3v) is 5.31. The van der Waals surface area contributed by atoms with E-state index in [1.54, 1.807) is 0 Å². The highest BCUT2D eigenvalue weighted by atomic mass is 32.2. The fourth-order valence-electron chi connectivity index (χ4n) is 3.77. The molecule has 1 aromatic rings. The molecule has 0 saturated heterocycles. The van der Waals surface area contributed by atoms with Crippen molar-refractivity contribution in [3.8, 4) is 0 Å². The maximum absolute atomic E-state index is 13.7. The summed E-state index contributed by atoms with van der Waals surface area (Å²) in [6.45, 7) is 8.54. The summed E-state index contributed by atoms with van der Waals surface area (Å²) < 4.78 is 41.0. The van der Waals surface area contributed by atoms with E-state index in [4.69, 9.17) is 0 Å². The summed E-state index contributed by atoms with van der Waals surface area (Å²) >= 11 is 0. The van der Waals surface area contributed by atoms with E-state index in [-0.39, 0.29) is 16.9 Å². The van der Waals surface area contributed by atoms with Crippen LogP contribution in [0.15, 0.2) is 23.4 Å². The number of nitrogens with zero attached hydrogens (tertiary/aromatic N) is 1. The van der Waals surface area contributed by atoms with Gasteiger partial charge in [-0.25, -0.2) is 22.5 Å². The van der Waals surface area contributed by atoms with Gasteiger partial charge in [0.05, 0.1) is 0 Å². The molecule has 1 heterocycles. The van der Waals surface area contributed by atoms with E-state index in [9.17, 15) is 12.8 Å². The van der Waals surface area contributed by atoms with Gasteiger partial charge in [0.25, 0.3) is 10.0 Å². The van der Waals surface area contributed by atoms with E-state index in [0.717, 1.165) is 25.3 Å². The van der Waals surface area contributed by atoms with Gasteiger partial charge in [-0.1, -0.05) is 27.7 Å². The molecule has 1 saturated carbocycles. The molecule has 0 atom stereocenters. The average Bonchev–Trinajstić information content (AvgIpc) is 2.23. The Balaban J connectivity index is 2.23. The van der Waals surface area contributed by atoms with Crippen molar-refractivity contribution in [1.29, 1.82) is 0 Å². The van der Waals surface area contributed by atoms with Crippen molar-refractivity contribution in [3.05, 3.63) is 24.1 Å². The van der Waals surface area contributed by atoms with E-state index in [0.29, 0.717) is 0 Å². The quantitative estimate of drug-likeness (QED) is 0.932. The van der Waals surface area contributed by atoms with Crippen LogP contribution in [-0.2, 0) is 10.0 Å². The molecule has 0 unspecified atom stereocenters. The van der Waals surface area contributed by atoms with Gasteiger partial charge in [0, 0.05) is 12.2 Å². The van der Waals surface area contributed by atoms with Crippen LogP contribution in [-0.4, -0.2) is 19.4 Å². The summed E-state index contributed by atoms with van der Waals surface area (Å²) in [6.07, 6.45) is 3.80. The molecule has 0 spiro atoms. The van der Waals surface area contributed by atoms with Gasteiger partial charge in [0.2, 0.25) is 5.03 Å². The Morgan fingerprint density at radius 1 is 1.24 bits per heavy atom. The Morgan fingerprint density at radius 3 is 2.33 bits per heavy atom. The number of pyridine rings is 1. The van der Waals surface area contributed by atoms with Crippen LogP contribution in [0.1, 0.15) is 47.0 Å². The molecule has 0 aliphatic heterocycles. The lowest BCUT2D eigenvalue weighted by molar-refractivity contribution is 0.0934.